The zero-order valence-electron chi connectivity index (χ0n) is 14.1. The smallest absolute Gasteiger partial charge is 0.182 e. The van der Waals surface area contributed by atoms with Crippen LogP contribution in [0.15, 0.2) is 29.2 Å². The molecule has 0 radical (unpaired) electrons. The molecule has 2 unspecified atom stereocenters. The molecular formula is C17H29NO2S. The number of hydrogen-bond donors (Lipinski definition) is 1. The maximum Gasteiger partial charge on any atom is 0.182 e. The summed E-state index contributed by atoms with van der Waals surface area (Å²) < 4.78 is 25.3. The van der Waals surface area contributed by atoms with Crippen LogP contribution in [0, 0.1) is 0 Å². The third-order valence-corrected chi connectivity index (χ3v) is 6.28. The summed E-state index contributed by atoms with van der Waals surface area (Å²) in [6.07, 6.45) is 0.997. The minimum atomic E-state index is -3.29. The molecule has 0 heterocycles. The van der Waals surface area contributed by atoms with E-state index in [9.17, 15) is 8.42 Å². The maximum atomic E-state index is 12.7. The molecule has 0 bridgehead atoms. The van der Waals surface area contributed by atoms with Gasteiger partial charge >= 0.3 is 0 Å². The molecule has 120 valence electrons. The van der Waals surface area contributed by atoms with Gasteiger partial charge in [-0.25, -0.2) is 8.42 Å². The van der Waals surface area contributed by atoms with E-state index in [1.54, 1.807) is 19.1 Å². The van der Waals surface area contributed by atoms with E-state index in [2.05, 4.69) is 33.0 Å². The lowest BCUT2D eigenvalue weighted by atomic mass is 9.87. The van der Waals surface area contributed by atoms with Crippen LogP contribution in [0.25, 0.3) is 0 Å². The SMILES string of the molecule is CCCNC(C)C(C)S(=O)(=O)c1ccc(C(C)(C)C)cc1. The molecule has 0 aliphatic carbocycles. The second-order valence-corrected chi connectivity index (χ2v) is 9.07. The van der Waals surface area contributed by atoms with Crippen molar-refractivity contribution in [1.82, 2.24) is 5.32 Å². The standard InChI is InChI=1S/C17H29NO2S/c1-7-12-18-13(2)14(3)21(19,20)16-10-8-15(9-11-16)17(4,5)6/h8-11,13-14,18H,7,12H2,1-6H3. The van der Waals surface area contributed by atoms with Gasteiger partial charge in [-0.2, -0.15) is 0 Å². The van der Waals surface area contributed by atoms with Crippen LogP contribution in [0.2, 0.25) is 0 Å². The second-order valence-electron chi connectivity index (χ2n) is 6.77. The number of rotatable bonds is 6. The highest BCUT2D eigenvalue weighted by molar-refractivity contribution is 7.92. The first kappa shape index (κ1) is 18.2. The molecule has 0 aromatic heterocycles. The van der Waals surface area contributed by atoms with Crippen molar-refractivity contribution in [3.8, 4) is 0 Å². The van der Waals surface area contributed by atoms with Crippen molar-refractivity contribution >= 4 is 9.84 Å². The molecule has 0 aliphatic rings. The summed E-state index contributed by atoms with van der Waals surface area (Å²) in [6, 6.07) is 7.25. The molecule has 21 heavy (non-hydrogen) atoms. The van der Waals surface area contributed by atoms with Gasteiger partial charge in [-0.15, -0.1) is 0 Å². The Morgan fingerprint density at radius 1 is 1.10 bits per heavy atom. The lowest BCUT2D eigenvalue weighted by Crippen LogP contribution is -2.40. The molecule has 3 nitrogen and oxygen atoms in total. The summed E-state index contributed by atoms with van der Waals surface area (Å²) in [5.41, 5.74) is 1.18. The number of nitrogens with one attached hydrogen (secondary N) is 1. The molecule has 1 aromatic rings. The lowest BCUT2D eigenvalue weighted by molar-refractivity contribution is 0.509. The highest BCUT2D eigenvalue weighted by atomic mass is 32.2. The fourth-order valence-electron chi connectivity index (χ4n) is 2.17. The van der Waals surface area contributed by atoms with Crippen LogP contribution in [0.3, 0.4) is 0 Å². The fraction of sp³-hybridized carbons (Fsp3) is 0.647. The van der Waals surface area contributed by atoms with Gasteiger partial charge in [0.15, 0.2) is 9.84 Å². The first-order valence-electron chi connectivity index (χ1n) is 7.68. The molecule has 1 rings (SSSR count). The normalized spacial score (nSPS) is 15.7. The predicted molar refractivity (Wildman–Crippen MR) is 89.5 cm³/mol. The van der Waals surface area contributed by atoms with Gasteiger partial charge in [-0.1, -0.05) is 39.8 Å². The lowest BCUT2D eigenvalue weighted by Gasteiger charge is -2.23. The highest BCUT2D eigenvalue weighted by Crippen LogP contribution is 2.25. The van der Waals surface area contributed by atoms with Crippen molar-refractivity contribution < 1.29 is 8.42 Å². The van der Waals surface area contributed by atoms with E-state index in [0.29, 0.717) is 4.90 Å². The molecule has 0 spiro atoms. The molecule has 1 aromatic carbocycles. The van der Waals surface area contributed by atoms with E-state index in [1.165, 1.54) is 0 Å². The van der Waals surface area contributed by atoms with Crippen LogP contribution in [0.4, 0.5) is 0 Å². The summed E-state index contributed by atoms with van der Waals surface area (Å²) in [5.74, 6) is 0. The van der Waals surface area contributed by atoms with Crippen molar-refractivity contribution in [1.29, 1.82) is 0 Å². The van der Waals surface area contributed by atoms with Crippen LogP contribution in [-0.2, 0) is 15.3 Å². The van der Waals surface area contributed by atoms with Crippen LogP contribution >= 0.6 is 0 Å². The minimum absolute atomic E-state index is 0.0316. The van der Waals surface area contributed by atoms with Crippen LogP contribution in [0.5, 0.6) is 0 Å². The molecule has 0 aliphatic heterocycles. The van der Waals surface area contributed by atoms with Crippen LogP contribution in [0.1, 0.15) is 53.5 Å². The number of hydrogen-bond acceptors (Lipinski definition) is 3. The quantitative estimate of drug-likeness (QED) is 0.874. The Balaban J connectivity index is 2.97. The molecule has 0 saturated carbocycles. The third kappa shape index (κ3) is 4.55. The largest absolute Gasteiger partial charge is 0.313 e. The molecule has 0 saturated heterocycles. The van der Waals surface area contributed by atoms with Crippen molar-refractivity contribution in [3.63, 3.8) is 0 Å². The average Bonchev–Trinajstić information content (AvgIpc) is 2.43. The van der Waals surface area contributed by atoms with Gasteiger partial charge in [0.2, 0.25) is 0 Å². The second kappa shape index (κ2) is 6.93. The summed E-state index contributed by atoms with van der Waals surface area (Å²) in [4.78, 5) is 0.410. The first-order valence-corrected chi connectivity index (χ1v) is 9.23. The molecule has 1 N–H and O–H groups in total. The summed E-state index contributed by atoms with van der Waals surface area (Å²) >= 11 is 0. The first-order chi connectivity index (χ1) is 9.60. The van der Waals surface area contributed by atoms with Crippen molar-refractivity contribution in [3.05, 3.63) is 29.8 Å². The van der Waals surface area contributed by atoms with E-state index < -0.39 is 15.1 Å². The summed E-state index contributed by atoms with van der Waals surface area (Å²) in [7, 11) is -3.29. The van der Waals surface area contributed by atoms with Gasteiger partial charge in [0.1, 0.15) is 0 Å². The van der Waals surface area contributed by atoms with E-state index in [-0.39, 0.29) is 11.5 Å². The van der Waals surface area contributed by atoms with Crippen molar-refractivity contribution in [2.45, 2.75) is 69.6 Å². The highest BCUT2D eigenvalue weighted by Gasteiger charge is 2.28. The Hall–Kier alpha value is -0.870. The van der Waals surface area contributed by atoms with Gasteiger partial charge < -0.3 is 5.32 Å². The Morgan fingerprint density at radius 3 is 2.05 bits per heavy atom. The van der Waals surface area contributed by atoms with E-state index in [4.69, 9.17) is 0 Å². The van der Waals surface area contributed by atoms with Gasteiger partial charge in [-0.05, 0) is 49.9 Å². The predicted octanol–water partition coefficient (Wildman–Crippen LogP) is 3.53. The van der Waals surface area contributed by atoms with Gasteiger partial charge in [0, 0.05) is 6.04 Å². The number of benzene rings is 1. The van der Waals surface area contributed by atoms with E-state index in [0.717, 1.165) is 18.5 Å². The zero-order chi connectivity index (χ0) is 16.3. The Morgan fingerprint density at radius 2 is 1.62 bits per heavy atom. The molecular weight excluding hydrogens is 282 g/mol. The number of sulfone groups is 1. The van der Waals surface area contributed by atoms with Gasteiger partial charge in [0.05, 0.1) is 10.1 Å². The molecule has 2 atom stereocenters. The van der Waals surface area contributed by atoms with E-state index >= 15 is 0 Å². The van der Waals surface area contributed by atoms with Gasteiger partial charge in [-0.3, -0.25) is 0 Å². The summed E-state index contributed by atoms with van der Waals surface area (Å²) in [5, 5.41) is 2.82. The van der Waals surface area contributed by atoms with E-state index in [1.807, 2.05) is 19.1 Å². The third-order valence-electron chi connectivity index (χ3n) is 3.96. The Bertz CT molecular complexity index is 541. The molecule has 0 fully saturated rings. The summed E-state index contributed by atoms with van der Waals surface area (Å²) in [6.45, 7) is 13.0. The van der Waals surface area contributed by atoms with Crippen LogP contribution < -0.4 is 5.32 Å². The Labute approximate surface area is 130 Å². The maximum absolute atomic E-state index is 12.7. The van der Waals surface area contributed by atoms with Crippen molar-refractivity contribution in [2.24, 2.45) is 0 Å². The Kier molecular flexibility index (Phi) is 6.00. The zero-order valence-corrected chi connectivity index (χ0v) is 14.9. The fourth-order valence-corrected chi connectivity index (χ4v) is 3.74. The van der Waals surface area contributed by atoms with Crippen molar-refractivity contribution in [2.75, 3.05) is 6.54 Å². The monoisotopic (exact) mass is 311 g/mol. The van der Waals surface area contributed by atoms with Gasteiger partial charge in [0.25, 0.3) is 0 Å². The topological polar surface area (TPSA) is 46.2 Å². The average molecular weight is 311 g/mol. The van der Waals surface area contributed by atoms with Crippen LogP contribution in [-0.4, -0.2) is 26.3 Å². The minimum Gasteiger partial charge on any atom is -0.313 e. The molecule has 0 amide bonds. The molecule has 4 heteroatoms.